The molecule has 3 rings (SSSR count). The molecule has 1 heterocycles. The number of nitrogens with one attached hydrogen (secondary N) is 1. The largest absolute Gasteiger partial charge is 0.314 e. The molecule has 1 aliphatic heterocycles. The van der Waals surface area contributed by atoms with Crippen LogP contribution in [0, 0.1) is 10.1 Å². The molecule has 0 aliphatic carbocycles. The Hall–Kier alpha value is -1.99. The first-order chi connectivity index (χ1) is 12.6. The Kier molecular flexibility index (Phi) is 10.1. The van der Waals surface area contributed by atoms with Crippen LogP contribution in [-0.2, 0) is 6.42 Å². The number of nitro groups is 1. The number of rotatable bonds is 7. The van der Waals surface area contributed by atoms with Crippen LogP contribution in [0.1, 0.15) is 22.3 Å². The van der Waals surface area contributed by atoms with Gasteiger partial charge in [0.1, 0.15) is 0 Å². The number of Topliss-reactive ketones (excluding diaryl/α,β-unsaturated/α-hetero) is 1. The molecule has 0 spiro atoms. The van der Waals surface area contributed by atoms with E-state index in [1.807, 2.05) is 18.2 Å². The first-order valence-electron chi connectivity index (χ1n) is 8.90. The molecule has 0 saturated carbocycles. The number of para-hydroxylation sites is 1. The van der Waals surface area contributed by atoms with Gasteiger partial charge in [-0.1, -0.05) is 42.5 Å². The van der Waals surface area contributed by atoms with Crippen LogP contribution in [0.3, 0.4) is 0 Å². The lowest BCUT2D eigenvalue weighted by Gasteiger charge is -2.36. The third-order valence-electron chi connectivity index (χ3n) is 4.81. The first-order valence-corrected chi connectivity index (χ1v) is 8.90. The van der Waals surface area contributed by atoms with Crippen LogP contribution >= 0.6 is 24.8 Å². The van der Waals surface area contributed by atoms with Gasteiger partial charge in [-0.25, -0.2) is 0 Å². The van der Waals surface area contributed by atoms with Crippen LogP contribution in [-0.4, -0.2) is 47.8 Å². The van der Waals surface area contributed by atoms with Gasteiger partial charge in [-0.3, -0.25) is 19.8 Å². The molecule has 1 unspecified atom stereocenters. The Morgan fingerprint density at radius 3 is 2.50 bits per heavy atom. The summed E-state index contributed by atoms with van der Waals surface area (Å²) in [5, 5.41) is 14.5. The normalized spacial score (nSPS) is 16.5. The predicted molar refractivity (Wildman–Crippen MR) is 115 cm³/mol. The van der Waals surface area contributed by atoms with Gasteiger partial charge in [0.25, 0.3) is 5.69 Å². The monoisotopic (exact) mass is 425 g/mol. The Balaban J connectivity index is 0.00000196. The van der Waals surface area contributed by atoms with Crippen molar-refractivity contribution in [1.82, 2.24) is 10.2 Å². The second kappa shape index (κ2) is 11.8. The topological polar surface area (TPSA) is 75.5 Å². The molecule has 28 heavy (non-hydrogen) atoms. The zero-order valence-electron chi connectivity index (χ0n) is 15.5. The minimum atomic E-state index is -0.490. The van der Waals surface area contributed by atoms with E-state index in [4.69, 9.17) is 0 Å². The molecular weight excluding hydrogens is 401 g/mol. The van der Waals surface area contributed by atoms with E-state index < -0.39 is 4.92 Å². The van der Waals surface area contributed by atoms with Gasteiger partial charge in [-0.2, -0.15) is 0 Å². The number of carbonyl (C=O) groups excluding carboxylic acids is 1. The lowest BCUT2D eigenvalue weighted by atomic mass is 10.0. The summed E-state index contributed by atoms with van der Waals surface area (Å²) in [7, 11) is 0. The standard InChI is InChI=1S/C20H23N3O3.2ClH/c24-20(18-8-4-5-9-19(18)23(25)26)10-12-22-13-11-21-15-17(22)14-16-6-2-1-3-7-16;;/h1-9,17,21H,10-15H2;2*1H. The number of carbonyl (C=O) groups is 1. The Bertz CT molecular complexity index is 774. The zero-order valence-corrected chi connectivity index (χ0v) is 17.1. The molecule has 1 N–H and O–H groups in total. The average Bonchev–Trinajstić information content (AvgIpc) is 2.68. The molecule has 6 nitrogen and oxygen atoms in total. The van der Waals surface area contributed by atoms with E-state index in [9.17, 15) is 14.9 Å². The van der Waals surface area contributed by atoms with Crippen LogP contribution < -0.4 is 5.32 Å². The molecule has 1 fully saturated rings. The Labute approximate surface area is 177 Å². The molecule has 1 atom stereocenters. The maximum absolute atomic E-state index is 12.5. The average molecular weight is 426 g/mol. The van der Waals surface area contributed by atoms with Crippen molar-refractivity contribution in [2.24, 2.45) is 0 Å². The molecule has 2 aromatic rings. The van der Waals surface area contributed by atoms with E-state index in [0.717, 1.165) is 26.1 Å². The number of halogens is 2. The van der Waals surface area contributed by atoms with Crippen molar-refractivity contribution in [3.8, 4) is 0 Å². The van der Waals surface area contributed by atoms with Gasteiger partial charge in [0.05, 0.1) is 10.5 Å². The van der Waals surface area contributed by atoms with Crippen molar-refractivity contribution in [3.05, 3.63) is 75.8 Å². The fraction of sp³-hybridized carbons (Fsp3) is 0.350. The number of hydrogen-bond acceptors (Lipinski definition) is 5. The molecule has 8 heteroatoms. The zero-order chi connectivity index (χ0) is 18.4. The summed E-state index contributed by atoms with van der Waals surface area (Å²) in [4.78, 5) is 25.5. The summed E-state index contributed by atoms with van der Waals surface area (Å²) < 4.78 is 0. The van der Waals surface area contributed by atoms with Gasteiger partial charge in [0, 0.05) is 44.7 Å². The van der Waals surface area contributed by atoms with E-state index in [1.54, 1.807) is 18.2 Å². The summed E-state index contributed by atoms with van der Waals surface area (Å²) in [5.74, 6) is -0.172. The predicted octanol–water partition coefficient (Wildman–Crippen LogP) is 3.53. The summed E-state index contributed by atoms with van der Waals surface area (Å²) >= 11 is 0. The number of nitro benzene ring substituents is 1. The molecule has 0 aromatic heterocycles. The first kappa shape index (κ1) is 24.0. The SMILES string of the molecule is Cl.Cl.O=C(CCN1CCNCC1Cc1ccccc1)c1ccccc1[N+](=O)[O-]. The van der Waals surface area contributed by atoms with E-state index in [-0.39, 0.29) is 48.3 Å². The Morgan fingerprint density at radius 1 is 1.11 bits per heavy atom. The van der Waals surface area contributed by atoms with Crippen molar-refractivity contribution in [2.45, 2.75) is 18.9 Å². The van der Waals surface area contributed by atoms with Crippen LogP contribution in [0.25, 0.3) is 0 Å². The maximum atomic E-state index is 12.5. The summed E-state index contributed by atoms with van der Waals surface area (Å²) in [6.45, 7) is 3.27. The molecule has 1 saturated heterocycles. The van der Waals surface area contributed by atoms with Crippen LogP contribution in [0.5, 0.6) is 0 Å². The van der Waals surface area contributed by atoms with Gasteiger partial charge in [0.2, 0.25) is 0 Å². The number of benzene rings is 2. The maximum Gasteiger partial charge on any atom is 0.280 e. The van der Waals surface area contributed by atoms with Gasteiger partial charge < -0.3 is 5.32 Å². The highest BCUT2D eigenvalue weighted by molar-refractivity contribution is 5.99. The summed E-state index contributed by atoms with van der Waals surface area (Å²) in [5.41, 5.74) is 1.36. The van der Waals surface area contributed by atoms with E-state index in [2.05, 4.69) is 22.3 Å². The number of nitrogens with zero attached hydrogens (tertiary/aromatic N) is 2. The molecular formula is C20H25Cl2N3O3. The van der Waals surface area contributed by atoms with Gasteiger partial charge in [0.15, 0.2) is 5.78 Å². The highest BCUT2D eigenvalue weighted by Crippen LogP contribution is 2.20. The molecule has 152 valence electrons. The fourth-order valence-corrected chi connectivity index (χ4v) is 3.43. The van der Waals surface area contributed by atoms with Crippen molar-refractivity contribution in [2.75, 3.05) is 26.2 Å². The van der Waals surface area contributed by atoms with E-state index >= 15 is 0 Å². The molecule has 0 amide bonds. The minimum Gasteiger partial charge on any atom is -0.314 e. The fourth-order valence-electron chi connectivity index (χ4n) is 3.43. The Morgan fingerprint density at radius 2 is 1.79 bits per heavy atom. The van der Waals surface area contributed by atoms with Crippen LogP contribution in [0.2, 0.25) is 0 Å². The lowest BCUT2D eigenvalue weighted by Crippen LogP contribution is -2.52. The molecule has 2 aromatic carbocycles. The van der Waals surface area contributed by atoms with Crippen molar-refractivity contribution in [3.63, 3.8) is 0 Å². The number of ketones is 1. The second-order valence-electron chi connectivity index (χ2n) is 6.53. The highest BCUT2D eigenvalue weighted by Gasteiger charge is 2.24. The smallest absolute Gasteiger partial charge is 0.280 e. The third kappa shape index (κ3) is 6.27. The quantitative estimate of drug-likeness (QED) is 0.417. The van der Waals surface area contributed by atoms with Gasteiger partial charge >= 0.3 is 0 Å². The highest BCUT2D eigenvalue weighted by atomic mass is 35.5. The van der Waals surface area contributed by atoms with Crippen LogP contribution in [0.15, 0.2) is 54.6 Å². The molecule has 1 aliphatic rings. The lowest BCUT2D eigenvalue weighted by molar-refractivity contribution is -0.385. The van der Waals surface area contributed by atoms with Crippen molar-refractivity contribution >= 4 is 36.3 Å². The number of hydrogen-bond donors (Lipinski definition) is 1. The second-order valence-corrected chi connectivity index (χ2v) is 6.53. The minimum absolute atomic E-state index is 0. The van der Waals surface area contributed by atoms with Gasteiger partial charge in [-0.05, 0) is 18.1 Å². The van der Waals surface area contributed by atoms with Crippen molar-refractivity contribution < 1.29 is 9.72 Å². The summed E-state index contributed by atoms with van der Waals surface area (Å²) in [6, 6.07) is 16.8. The van der Waals surface area contributed by atoms with Crippen LogP contribution in [0.4, 0.5) is 5.69 Å². The van der Waals surface area contributed by atoms with E-state index in [0.29, 0.717) is 12.6 Å². The van der Waals surface area contributed by atoms with Gasteiger partial charge in [-0.15, -0.1) is 24.8 Å². The number of piperazine rings is 1. The van der Waals surface area contributed by atoms with E-state index in [1.165, 1.54) is 11.6 Å². The molecule has 0 radical (unpaired) electrons. The molecule has 0 bridgehead atoms. The third-order valence-corrected chi connectivity index (χ3v) is 4.81. The van der Waals surface area contributed by atoms with Crippen molar-refractivity contribution in [1.29, 1.82) is 0 Å². The summed E-state index contributed by atoms with van der Waals surface area (Å²) in [6.07, 6.45) is 1.21.